The first-order chi connectivity index (χ1) is 14.6. The van der Waals surface area contributed by atoms with Crippen LogP contribution < -0.4 is 0 Å². The number of aromatic hydroxyl groups is 1. The van der Waals surface area contributed by atoms with Crippen LogP contribution in [-0.4, -0.2) is 10.9 Å². The van der Waals surface area contributed by atoms with Crippen molar-refractivity contribution in [2.75, 3.05) is 0 Å². The predicted molar refractivity (Wildman–Crippen MR) is 126 cm³/mol. The van der Waals surface area contributed by atoms with Crippen molar-refractivity contribution in [1.82, 2.24) is 0 Å². The topological polar surface area (TPSA) is 37.3 Å². The Morgan fingerprint density at radius 1 is 0.933 bits per heavy atom. The highest BCUT2D eigenvalue weighted by Gasteiger charge is 2.31. The third-order valence-corrected chi connectivity index (χ3v) is 6.08. The van der Waals surface area contributed by atoms with Gasteiger partial charge in [-0.15, -0.1) is 0 Å². The highest BCUT2D eigenvalue weighted by molar-refractivity contribution is 9.10. The molecule has 0 spiro atoms. The molecular formula is C27H21BrO2. The molecule has 0 fully saturated rings. The molecule has 3 aromatic rings. The van der Waals surface area contributed by atoms with Crippen molar-refractivity contribution >= 4 is 27.3 Å². The zero-order valence-electron chi connectivity index (χ0n) is 16.3. The van der Waals surface area contributed by atoms with Crippen LogP contribution in [0, 0.1) is 0 Å². The molecule has 0 bridgehead atoms. The number of carbonyl (C=O) groups is 1. The molecule has 0 saturated carbocycles. The van der Waals surface area contributed by atoms with Gasteiger partial charge in [0.05, 0.1) is 0 Å². The van der Waals surface area contributed by atoms with Crippen molar-refractivity contribution in [2.24, 2.45) is 0 Å². The number of allylic oxidation sites excluding steroid dienone is 6. The zero-order chi connectivity index (χ0) is 21.0. The van der Waals surface area contributed by atoms with Gasteiger partial charge >= 0.3 is 0 Å². The minimum Gasteiger partial charge on any atom is -0.508 e. The summed E-state index contributed by atoms with van der Waals surface area (Å²) in [6.07, 6.45) is 10.6. The minimum atomic E-state index is -0.489. The lowest BCUT2D eigenvalue weighted by atomic mass is 9.71. The summed E-state index contributed by atoms with van der Waals surface area (Å²) in [4.78, 5) is 12.7. The third kappa shape index (κ3) is 4.22. The molecule has 1 unspecified atom stereocenters. The Morgan fingerprint density at radius 2 is 1.63 bits per heavy atom. The van der Waals surface area contributed by atoms with Crippen LogP contribution >= 0.6 is 15.9 Å². The first kappa shape index (κ1) is 20.1. The molecule has 2 nitrogen and oxygen atoms in total. The zero-order valence-corrected chi connectivity index (χ0v) is 17.9. The number of benzene rings is 3. The SMILES string of the molecule is O=C(C=CC1(c2ccc(O)cc2)C=CC=C(c2ccccc2Br)C1)c1ccccc1. The molecule has 1 aliphatic carbocycles. The van der Waals surface area contributed by atoms with E-state index in [0.717, 1.165) is 15.6 Å². The Hall–Kier alpha value is -3.17. The fourth-order valence-electron chi connectivity index (χ4n) is 3.78. The number of phenols is 1. The van der Waals surface area contributed by atoms with Crippen molar-refractivity contribution in [2.45, 2.75) is 11.8 Å². The molecule has 0 heterocycles. The molecule has 1 N–H and O–H groups in total. The van der Waals surface area contributed by atoms with E-state index in [0.29, 0.717) is 12.0 Å². The van der Waals surface area contributed by atoms with Gasteiger partial charge in [0.2, 0.25) is 0 Å². The van der Waals surface area contributed by atoms with Crippen LogP contribution in [0.5, 0.6) is 5.75 Å². The maximum absolute atomic E-state index is 12.7. The molecule has 0 saturated heterocycles. The van der Waals surface area contributed by atoms with Gasteiger partial charge in [-0.3, -0.25) is 4.79 Å². The van der Waals surface area contributed by atoms with Crippen LogP contribution in [0.15, 0.2) is 114 Å². The van der Waals surface area contributed by atoms with Crippen molar-refractivity contribution in [3.8, 4) is 5.75 Å². The largest absolute Gasteiger partial charge is 0.508 e. The van der Waals surface area contributed by atoms with Gasteiger partial charge in [-0.1, -0.05) is 101 Å². The van der Waals surface area contributed by atoms with Crippen LogP contribution in [-0.2, 0) is 5.41 Å². The molecule has 3 aromatic carbocycles. The quantitative estimate of drug-likeness (QED) is 0.335. The second-order valence-corrected chi connectivity index (χ2v) is 8.21. The van der Waals surface area contributed by atoms with Gasteiger partial charge in [-0.2, -0.15) is 0 Å². The number of phenolic OH excluding ortho intramolecular Hbond substituents is 1. The van der Waals surface area contributed by atoms with Crippen molar-refractivity contribution in [3.63, 3.8) is 0 Å². The van der Waals surface area contributed by atoms with Crippen LogP contribution in [0.2, 0.25) is 0 Å². The number of rotatable bonds is 5. The van der Waals surface area contributed by atoms with E-state index in [1.807, 2.05) is 72.8 Å². The molecule has 0 amide bonds. The van der Waals surface area contributed by atoms with E-state index in [9.17, 15) is 9.90 Å². The van der Waals surface area contributed by atoms with Gasteiger partial charge in [0.15, 0.2) is 5.78 Å². The summed E-state index contributed by atoms with van der Waals surface area (Å²) < 4.78 is 1.04. The van der Waals surface area contributed by atoms with Gasteiger partial charge in [-0.05, 0) is 47.4 Å². The first-order valence-electron chi connectivity index (χ1n) is 9.79. The number of carbonyl (C=O) groups excluding carboxylic acids is 1. The van der Waals surface area contributed by atoms with Crippen LogP contribution in [0.4, 0.5) is 0 Å². The van der Waals surface area contributed by atoms with Crippen LogP contribution in [0.3, 0.4) is 0 Å². The first-order valence-corrected chi connectivity index (χ1v) is 10.6. The Bertz CT molecular complexity index is 1140. The molecule has 3 heteroatoms. The molecule has 0 radical (unpaired) electrons. The maximum Gasteiger partial charge on any atom is 0.185 e. The van der Waals surface area contributed by atoms with Gasteiger partial charge in [-0.25, -0.2) is 0 Å². The second kappa shape index (κ2) is 8.68. The average molecular weight is 457 g/mol. The predicted octanol–water partition coefficient (Wildman–Crippen LogP) is 6.88. The molecule has 30 heavy (non-hydrogen) atoms. The second-order valence-electron chi connectivity index (χ2n) is 7.36. The van der Waals surface area contributed by atoms with Gasteiger partial charge < -0.3 is 5.11 Å². The van der Waals surface area contributed by atoms with Crippen molar-refractivity contribution in [1.29, 1.82) is 0 Å². The Kier molecular flexibility index (Phi) is 5.82. The fraction of sp³-hybridized carbons (Fsp3) is 0.0741. The molecule has 0 aliphatic heterocycles. The van der Waals surface area contributed by atoms with E-state index in [1.165, 1.54) is 5.57 Å². The molecular weight excluding hydrogens is 436 g/mol. The highest BCUT2D eigenvalue weighted by atomic mass is 79.9. The number of hydrogen-bond donors (Lipinski definition) is 1. The Labute approximate surface area is 185 Å². The third-order valence-electron chi connectivity index (χ3n) is 5.39. The van der Waals surface area contributed by atoms with E-state index in [4.69, 9.17) is 0 Å². The van der Waals surface area contributed by atoms with E-state index in [-0.39, 0.29) is 11.5 Å². The number of hydrogen-bond acceptors (Lipinski definition) is 2. The van der Waals surface area contributed by atoms with E-state index in [2.05, 4.69) is 34.1 Å². The molecule has 0 aromatic heterocycles. The standard InChI is InChI=1S/C27H21BrO2/c28-25-11-5-4-10-24(25)21-9-6-17-27(19-21,22-12-14-23(29)15-13-22)18-16-26(30)20-7-2-1-3-8-20/h1-18,29H,19H2. The van der Waals surface area contributed by atoms with Crippen molar-refractivity contribution in [3.05, 3.63) is 130 Å². The van der Waals surface area contributed by atoms with Gasteiger partial charge in [0.1, 0.15) is 5.75 Å². The summed E-state index contributed by atoms with van der Waals surface area (Å²) in [6, 6.07) is 24.6. The lowest BCUT2D eigenvalue weighted by Gasteiger charge is -2.32. The van der Waals surface area contributed by atoms with E-state index in [1.54, 1.807) is 18.2 Å². The van der Waals surface area contributed by atoms with Crippen molar-refractivity contribution < 1.29 is 9.90 Å². The summed E-state index contributed by atoms with van der Waals surface area (Å²) in [5, 5.41) is 9.76. The summed E-state index contributed by atoms with van der Waals surface area (Å²) in [6.45, 7) is 0. The van der Waals surface area contributed by atoms with E-state index < -0.39 is 5.41 Å². The molecule has 4 rings (SSSR count). The minimum absolute atomic E-state index is 0.0286. The average Bonchev–Trinajstić information content (AvgIpc) is 2.79. The number of halogens is 1. The van der Waals surface area contributed by atoms with Crippen LogP contribution in [0.1, 0.15) is 27.9 Å². The van der Waals surface area contributed by atoms with Crippen LogP contribution in [0.25, 0.3) is 5.57 Å². The van der Waals surface area contributed by atoms with Gasteiger partial charge in [0, 0.05) is 15.5 Å². The highest BCUT2D eigenvalue weighted by Crippen LogP contribution is 2.42. The summed E-state index contributed by atoms with van der Waals surface area (Å²) in [5.74, 6) is 0.193. The summed E-state index contributed by atoms with van der Waals surface area (Å²) in [7, 11) is 0. The molecule has 148 valence electrons. The lowest BCUT2D eigenvalue weighted by Crippen LogP contribution is -2.23. The molecule has 1 aliphatic rings. The fourth-order valence-corrected chi connectivity index (χ4v) is 4.32. The lowest BCUT2D eigenvalue weighted by molar-refractivity contribution is 0.104. The normalized spacial score (nSPS) is 18.4. The monoisotopic (exact) mass is 456 g/mol. The van der Waals surface area contributed by atoms with Gasteiger partial charge in [0.25, 0.3) is 0 Å². The summed E-state index contributed by atoms with van der Waals surface area (Å²) in [5.41, 5.74) is 3.50. The summed E-state index contributed by atoms with van der Waals surface area (Å²) >= 11 is 3.66. The maximum atomic E-state index is 12.7. The Balaban J connectivity index is 1.74. The molecule has 1 atom stereocenters. The van der Waals surface area contributed by atoms with E-state index >= 15 is 0 Å². The smallest absolute Gasteiger partial charge is 0.185 e. The Morgan fingerprint density at radius 3 is 2.37 bits per heavy atom. The number of ketones is 1.